The smallest absolute Gasteiger partial charge is 0.129 e. The van der Waals surface area contributed by atoms with Crippen LogP contribution in [0.2, 0.25) is 0 Å². The van der Waals surface area contributed by atoms with Gasteiger partial charge in [-0.3, -0.25) is 0 Å². The molecule has 0 aliphatic rings. The summed E-state index contributed by atoms with van der Waals surface area (Å²) in [7, 11) is 0. The van der Waals surface area contributed by atoms with Gasteiger partial charge in [0.05, 0.1) is 0 Å². The van der Waals surface area contributed by atoms with E-state index in [4.69, 9.17) is 0 Å². The Labute approximate surface area is 111 Å². The van der Waals surface area contributed by atoms with Crippen LogP contribution in [-0.4, -0.2) is 4.83 Å². The van der Waals surface area contributed by atoms with Gasteiger partial charge in [-0.05, 0) is 36.8 Å². The van der Waals surface area contributed by atoms with Gasteiger partial charge in [0.15, 0.2) is 0 Å². The summed E-state index contributed by atoms with van der Waals surface area (Å²) < 4.78 is 26.7. The second-order valence-corrected chi connectivity index (χ2v) is 6.53. The molecule has 1 rings (SSSR count). The summed E-state index contributed by atoms with van der Waals surface area (Å²) in [6, 6.07) is 4.03. The van der Waals surface area contributed by atoms with Crippen molar-refractivity contribution in [3.63, 3.8) is 0 Å². The van der Waals surface area contributed by atoms with Gasteiger partial charge < -0.3 is 0 Å². The van der Waals surface area contributed by atoms with Gasteiger partial charge in [-0.2, -0.15) is 0 Å². The molecule has 96 valence electrons. The van der Waals surface area contributed by atoms with Crippen molar-refractivity contribution in [2.24, 2.45) is 5.41 Å². The first-order chi connectivity index (χ1) is 7.82. The quantitative estimate of drug-likeness (QED) is 0.679. The lowest BCUT2D eigenvalue weighted by Crippen LogP contribution is -2.20. The lowest BCUT2D eigenvalue weighted by atomic mass is 9.89. The molecule has 0 nitrogen and oxygen atoms in total. The largest absolute Gasteiger partial charge is 0.207 e. The van der Waals surface area contributed by atoms with Crippen molar-refractivity contribution < 1.29 is 8.78 Å². The minimum atomic E-state index is -0.438. The predicted molar refractivity (Wildman–Crippen MR) is 71.5 cm³/mol. The van der Waals surface area contributed by atoms with Crippen LogP contribution >= 0.6 is 15.9 Å². The van der Waals surface area contributed by atoms with Crippen molar-refractivity contribution >= 4 is 15.9 Å². The number of alkyl halides is 1. The van der Waals surface area contributed by atoms with Crippen LogP contribution in [0.4, 0.5) is 8.78 Å². The monoisotopic (exact) mass is 304 g/mol. The lowest BCUT2D eigenvalue weighted by molar-refractivity contribution is 0.379. The van der Waals surface area contributed by atoms with Crippen molar-refractivity contribution in [2.45, 2.75) is 44.9 Å². The zero-order chi connectivity index (χ0) is 13.1. The highest BCUT2D eigenvalue weighted by Crippen LogP contribution is 2.30. The lowest BCUT2D eigenvalue weighted by Gasteiger charge is -2.25. The molecule has 1 aromatic carbocycles. The van der Waals surface area contributed by atoms with Gasteiger partial charge in [-0.25, -0.2) is 8.78 Å². The van der Waals surface area contributed by atoms with Crippen LogP contribution in [0.25, 0.3) is 0 Å². The molecule has 0 saturated heterocycles. The molecule has 0 N–H and O–H groups in total. The predicted octanol–water partition coefficient (Wildman–Crippen LogP) is 5.10. The standard InChI is InChI=1S/C14H19BrF2/c1-14(2,3)13(15)9-4-6-10-11(16)7-5-8-12(10)17/h5,7-8,13H,4,6,9H2,1-3H3. The number of rotatable bonds is 4. The van der Waals surface area contributed by atoms with E-state index >= 15 is 0 Å². The van der Waals surface area contributed by atoms with Gasteiger partial charge in [-0.1, -0.05) is 42.8 Å². The Kier molecular flexibility index (Phi) is 5.11. The Morgan fingerprint density at radius 3 is 2.18 bits per heavy atom. The number of hydrogen-bond acceptors (Lipinski definition) is 0. The molecule has 3 heteroatoms. The Balaban J connectivity index is 2.52. The first-order valence-corrected chi connectivity index (χ1v) is 6.81. The van der Waals surface area contributed by atoms with E-state index in [1.807, 2.05) is 0 Å². The number of hydrogen-bond donors (Lipinski definition) is 0. The number of benzene rings is 1. The van der Waals surface area contributed by atoms with E-state index in [1.54, 1.807) is 0 Å². The van der Waals surface area contributed by atoms with Crippen molar-refractivity contribution in [2.75, 3.05) is 0 Å². The van der Waals surface area contributed by atoms with Crippen LogP contribution < -0.4 is 0 Å². The molecule has 1 aromatic rings. The topological polar surface area (TPSA) is 0 Å². The van der Waals surface area contributed by atoms with Crippen LogP contribution in [0.1, 0.15) is 39.2 Å². The van der Waals surface area contributed by atoms with Crippen LogP contribution in [0.5, 0.6) is 0 Å². The SMILES string of the molecule is CC(C)(C)C(Br)CCCc1c(F)cccc1F. The Morgan fingerprint density at radius 1 is 1.18 bits per heavy atom. The average Bonchev–Trinajstić information content (AvgIpc) is 2.20. The third kappa shape index (κ3) is 4.38. The van der Waals surface area contributed by atoms with E-state index in [0.717, 1.165) is 12.8 Å². The molecule has 0 amide bonds. The van der Waals surface area contributed by atoms with Gasteiger partial charge in [0.1, 0.15) is 11.6 Å². The van der Waals surface area contributed by atoms with E-state index in [-0.39, 0.29) is 11.0 Å². The molecule has 0 aliphatic carbocycles. The molecule has 1 atom stereocenters. The fraction of sp³-hybridized carbons (Fsp3) is 0.571. The molecule has 0 bridgehead atoms. The summed E-state index contributed by atoms with van der Waals surface area (Å²) in [5.74, 6) is -0.876. The third-order valence-corrected chi connectivity index (χ3v) is 4.72. The molecule has 0 radical (unpaired) electrons. The highest BCUT2D eigenvalue weighted by atomic mass is 79.9. The van der Waals surface area contributed by atoms with Gasteiger partial charge in [0.25, 0.3) is 0 Å². The van der Waals surface area contributed by atoms with Gasteiger partial charge in [0.2, 0.25) is 0 Å². The minimum Gasteiger partial charge on any atom is -0.207 e. The van der Waals surface area contributed by atoms with Crippen molar-refractivity contribution in [3.8, 4) is 0 Å². The molecule has 17 heavy (non-hydrogen) atoms. The summed E-state index contributed by atoms with van der Waals surface area (Å²) >= 11 is 3.62. The summed E-state index contributed by atoms with van der Waals surface area (Å²) in [5.41, 5.74) is 0.384. The summed E-state index contributed by atoms with van der Waals surface area (Å²) in [6.07, 6.45) is 2.15. The summed E-state index contributed by atoms with van der Waals surface area (Å²) in [4.78, 5) is 0.366. The molecular weight excluding hydrogens is 286 g/mol. The molecule has 0 aliphatic heterocycles. The maximum absolute atomic E-state index is 13.4. The fourth-order valence-electron chi connectivity index (χ4n) is 1.66. The maximum Gasteiger partial charge on any atom is 0.129 e. The van der Waals surface area contributed by atoms with Gasteiger partial charge in [0, 0.05) is 10.4 Å². The van der Waals surface area contributed by atoms with Crippen LogP contribution in [0.3, 0.4) is 0 Å². The van der Waals surface area contributed by atoms with E-state index in [2.05, 4.69) is 36.7 Å². The van der Waals surface area contributed by atoms with Crippen LogP contribution in [0.15, 0.2) is 18.2 Å². The van der Waals surface area contributed by atoms with E-state index in [0.29, 0.717) is 11.2 Å². The van der Waals surface area contributed by atoms with Crippen LogP contribution in [-0.2, 0) is 6.42 Å². The Morgan fingerprint density at radius 2 is 1.71 bits per heavy atom. The zero-order valence-electron chi connectivity index (χ0n) is 10.6. The first-order valence-electron chi connectivity index (χ1n) is 5.89. The van der Waals surface area contributed by atoms with E-state index < -0.39 is 11.6 Å². The first kappa shape index (κ1) is 14.6. The van der Waals surface area contributed by atoms with Crippen molar-refractivity contribution in [3.05, 3.63) is 35.4 Å². The number of halogens is 3. The normalized spacial score (nSPS) is 13.8. The second-order valence-electron chi connectivity index (χ2n) is 5.43. The van der Waals surface area contributed by atoms with Gasteiger partial charge in [-0.15, -0.1) is 0 Å². The molecule has 0 saturated carbocycles. The maximum atomic E-state index is 13.4. The van der Waals surface area contributed by atoms with Gasteiger partial charge >= 0.3 is 0 Å². The zero-order valence-corrected chi connectivity index (χ0v) is 12.2. The molecule has 0 aromatic heterocycles. The highest BCUT2D eigenvalue weighted by molar-refractivity contribution is 9.09. The van der Waals surface area contributed by atoms with E-state index in [1.165, 1.54) is 18.2 Å². The fourth-order valence-corrected chi connectivity index (χ4v) is 1.99. The minimum absolute atomic E-state index is 0.174. The molecular formula is C14H19BrF2. The van der Waals surface area contributed by atoms with Crippen molar-refractivity contribution in [1.82, 2.24) is 0 Å². The highest BCUT2D eigenvalue weighted by Gasteiger charge is 2.21. The Hall–Kier alpha value is -0.440. The molecule has 0 fully saturated rings. The van der Waals surface area contributed by atoms with Crippen LogP contribution in [0, 0.1) is 17.0 Å². The summed E-state index contributed by atoms with van der Waals surface area (Å²) in [6.45, 7) is 6.45. The van der Waals surface area contributed by atoms with E-state index in [9.17, 15) is 8.78 Å². The molecule has 1 unspecified atom stereocenters. The third-order valence-electron chi connectivity index (χ3n) is 2.89. The van der Waals surface area contributed by atoms with Crippen molar-refractivity contribution in [1.29, 1.82) is 0 Å². The molecule has 0 spiro atoms. The average molecular weight is 305 g/mol. The summed E-state index contributed by atoms with van der Waals surface area (Å²) in [5, 5.41) is 0. The molecule has 0 heterocycles. The Bertz CT molecular complexity index is 349. The second kappa shape index (κ2) is 5.94.